The predicted molar refractivity (Wildman–Crippen MR) is 77.7 cm³/mol. The minimum absolute atomic E-state index is 0.161. The number of ether oxygens (including phenoxy) is 2. The zero-order valence-electron chi connectivity index (χ0n) is 12.4. The van der Waals surface area contributed by atoms with E-state index in [0.717, 1.165) is 24.2 Å². The molecule has 110 valence electrons. The van der Waals surface area contributed by atoms with Crippen molar-refractivity contribution in [1.29, 1.82) is 0 Å². The molecule has 4 heteroatoms. The van der Waals surface area contributed by atoms with E-state index in [2.05, 4.69) is 13.8 Å². The second kappa shape index (κ2) is 5.83. The molecule has 0 aromatic heterocycles. The number of methoxy groups -OCH3 is 1. The Balaban J connectivity index is 2.12. The Labute approximate surface area is 120 Å². The van der Waals surface area contributed by atoms with Gasteiger partial charge in [0.1, 0.15) is 12.4 Å². The molecule has 2 rings (SSSR count). The van der Waals surface area contributed by atoms with Gasteiger partial charge in [-0.15, -0.1) is 0 Å². The fraction of sp³-hybridized carbons (Fsp3) is 0.562. The van der Waals surface area contributed by atoms with Crippen LogP contribution in [0.5, 0.6) is 5.75 Å². The monoisotopic (exact) mass is 277 g/mol. The lowest BCUT2D eigenvalue weighted by molar-refractivity contribution is -0.149. The maximum atomic E-state index is 11.9. The normalized spacial score (nSPS) is 17.6. The molecular weight excluding hydrogens is 254 g/mol. The van der Waals surface area contributed by atoms with Gasteiger partial charge in [-0.25, -0.2) is 4.79 Å². The third-order valence-electron chi connectivity index (χ3n) is 3.88. The highest BCUT2D eigenvalue weighted by Gasteiger charge is 2.49. The highest BCUT2D eigenvalue weighted by atomic mass is 16.5. The first-order valence-corrected chi connectivity index (χ1v) is 7.08. The Kier molecular flexibility index (Phi) is 4.33. The molecule has 1 fully saturated rings. The van der Waals surface area contributed by atoms with Crippen molar-refractivity contribution >= 4 is 5.97 Å². The van der Waals surface area contributed by atoms with Gasteiger partial charge in [0.05, 0.1) is 7.11 Å². The first-order chi connectivity index (χ1) is 9.49. The van der Waals surface area contributed by atoms with Crippen LogP contribution >= 0.6 is 0 Å². The zero-order chi connectivity index (χ0) is 14.8. The molecule has 2 N–H and O–H groups in total. The van der Waals surface area contributed by atoms with Gasteiger partial charge in [0.25, 0.3) is 0 Å². The van der Waals surface area contributed by atoms with Crippen molar-refractivity contribution in [3.63, 3.8) is 0 Å². The lowest BCUT2D eigenvalue weighted by atomic mass is 9.95. The highest BCUT2D eigenvalue weighted by Crippen LogP contribution is 2.39. The molecule has 0 heterocycles. The SMILES string of the molecule is COC(=O)C(N)(COc1ccccc1C(C)C)C1CC1. The van der Waals surface area contributed by atoms with E-state index in [1.165, 1.54) is 7.11 Å². The molecule has 1 aromatic rings. The molecule has 1 aromatic carbocycles. The van der Waals surface area contributed by atoms with Crippen molar-refractivity contribution in [1.82, 2.24) is 0 Å². The van der Waals surface area contributed by atoms with Crippen LogP contribution in [-0.4, -0.2) is 25.2 Å². The molecule has 0 spiro atoms. The highest BCUT2D eigenvalue weighted by molar-refractivity contribution is 5.81. The van der Waals surface area contributed by atoms with Gasteiger partial charge in [0.2, 0.25) is 0 Å². The quantitative estimate of drug-likeness (QED) is 0.811. The van der Waals surface area contributed by atoms with Crippen LogP contribution in [0.1, 0.15) is 38.2 Å². The van der Waals surface area contributed by atoms with Crippen LogP contribution < -0.4 is 10.5 Å². The van der Waals surface area contributed by atoms with E-state index in [0.29, 0.717) is 5.92 Å². The van der Waals surface area contributed by atoms with Crippen molar-refractivity contribution in [2.75, 3.05) is 13.7 Å². The number of rotatable bonds is 6. The van der Waals surface area contributed by atoms with E-state index in [4.69, 9.17) is 15.2 Å². The number of benzene rings is 1. The van der Waals surface area contributed by atoms with Gasteiger partial charge >= 0.3 is 5.97 Å². The summed E-state index contributed by atoms with van der Waals surface area (Å²) in [7, 11) is 1.37. The molecule has 1 unspecified atom stereocenters. The first-order valence-electron chi connectivity index (χ1n) is 7.08. The van der Waals surface area contributed by atoms with Crippen LogP contribution in [0.2, 0.25) is 0 Å². The van der Waals surface area contributed by atoms with Crippen molar-refractivity contribution in [3.8, 4) is 5.75 Å². The number of para-hydroxylation sites is 1. The summed E-state index contributed by atoms with van der Waals surface area (Å²) < 4.78 is 10.7. The number of esters is 1. The molecule has 1 saturated carbocycles. The molecule has 1 aliphatic carbocycles. The molecular formula is C16H23NO3. The van der Waals surface area contributed by atoms with Crippen molar-refractivity contribution in [3.05, 3.63) is 29.8 Å². The molecule has 0 bridgehead atoms. The van der Waals surface area contributed by atoms with Gasteiger partial charge in [0.15, 0.2) is 5.54 Å². The fourth-order valence-corrected chi connectivity index (χ4v) is 2.42. The summed E-state index contributed by atoms with van der Waals surface area (Å²) in [5.74, 6) is 0.933. The smallest absolute Gasteiger partial charge is 0.329 e. The Morgan fingerprint density at radius 1 is 1.40 bits per heavy atom. The molecule has 0 radical (unpaired) electrons. The van der Waals surface area contributed by atoms with Gasteiger partial charge < -0.3 is 15.2 Å². The molecule has 1 atom stereocenters. The van der Waals surface area contributed by atoms with Crippen molar-refractivity contribution < 1.29 is 14.3 Å². The van der Waals surface area contributed by atoms with E-state index in [1.54, 1.807) is 0 Å². The fourth-order valence-electron chi connectivity index (χ4n) is 2.42. The average Bonchev–Trinajstić information content (AvgIpc) is 3.29. The predicted octanol–water partition coefficient (Wildman–Crippen LogP) is 2.47. The van der Waals surface area contributed by atoms with Gasteiger partial charge in [0, 0.05) is 0 Å². The van der Waals surface area contributed by atoms with Gasteiger partial charge in [-0.05, 0) is 36.3 Å². The van der Waals surface area contributed by atoms with E-state index in [1.807, 2.05) is 24.3 Å². The second-order valence-corrected chi connectivity index (χ2v) is 5.79. The Morgan fingerprint density at radius 2 is 2.05 bits per heavy atom. The number of carbonyl (C=O) groups is 1. The molecule has 0 aliphatic heterocycles. The van der Waals surface area contributed by atoms with Crippen LogP contribution in [0.3, 0.4) is 0 Å². The maximum Gasteiger partial charge on any atom is 0.329 e. The van der Waals surface area contributed by atoms with Crippen LogP contribution in [0.4, 0.5) is 0 Å². The lowest BCUT2D eigenvalue weighted by Crippen LogP contribution is -2.55. The topological polar surface area (TPSA) is 61.5 Å². The molecule has 1 aliphatic rings. The number of hydrogen-bond donors (Lipinski definition) is 1. The third-order valence-corrected chi connectivity index (χ3v) is 3.88. The largest absolute Gasteiger partial charge is 0.491 e. The Morgan fingerprint density at radius 3 is 2.60 bits per heavy atom. The lowest BCUT2D eigenvalue weighted by Gasteiger charge is -2.27. The zero-order valence-corrected chi connectivity index (χ0v) is 12.4. The maximum absolute atomic E-state index is 11.9. The van der Waals surface area contributed by atoms with E-state index < -0.39 is 5.54 Å². The Hall–Kier alpha value is -1.55. The van der Waals surface area contributed by atoms with Crippen molar-refractivity contribution in [2.45, 2.75) is 38.1 Å². The number of carbonyl (C=O) groups excluding carboxylic acids is 1. The van der Waals surface area contributed by atoms with Crippen LogP contribution in [0.25, 0.3) is 0 Å². The number of hydrogen-bond acceptors (Lipinski definition) is 4. The van der Waals surface area contributed by atoms with Crippen molar-refractivity contribution in [2.24, 2.45) is 11.7 Å². The van der Waals surface area contributed by atoms with Gasteiger partial charge in [-0.1, -0.05) is 32.0 Å². The summed E-state index contributed by atoms with van der Waals surface area (Å²) in [5.41, 5.74) is 6.32. The summed E-state index contributed by atoms with van der Waals surface area (Å²) in [5, 5.41) is 0. The first kappa shape index (κ1) is 14.9. The van der Waals surface area contributed by atoms with E-state index >= 15 is 0 Å². The summed E-state index contributed by atoms with van der Waals surface area (Å²) in [6.45, 7) is 4.38. The summed E-state index contributed by atoms with van der Waals surface area (Å²) in [6, 6.07) is 7.86. The third kappa shape index (κ3) is 2.96. The van der Waals surface area contributed by atoms with Crippen LogP contribution in [0.15, 0.2) is 24.3 Å². The summed E-state index contributed by atoms with van der Waals surface area (Å²) in [4.78, 5) is 11.9. The van der Waals surface area contributed by atoms with Gasteiger partial charge in [-0.3, -0.25) is 0 Å². The average molecular weight is 277 g/mol. The standard InChI is InChI=1S/C16H23NO3/c1-11(2)13-6-4-5-7-14(13)20-10-16(17,12-8-9-12)15(18)19-3/h4-7,11-12H,8-10,17H2,1-3H3. The molecule has 20 heavy (non-hydrogen) atoms. The van der Waals surface area contributed by atoms with E-state index in [-0.39, 0.29) is 18.5 Å². The molecule has 0 saturated heterocycles. The van der Waals surface area contributed by atoms with Crippen LogP contribution in [0, 0.1) is 5.92 Å². The van der Waals surface area contributed by atoms with Gasteiger partial charge in [-0.2, -0.15) is 0 Å². The Bertz CT molecular complexity index is 482. The summed E-state index contributed by atoms with van der Waals surface area (Å²) in [6.07, 6.45) is 1.92. The minimum atomic E-state index is -1.03. The van der Waals surface area contributed by atoms with Crippen LogP contribution in [-0.2, 0) is 9.53 Å². The molecule has 0 amide bonds. The van der Waals surface area contributed by atoms with E-state index in [9.17, 15) is 4.79 Å². The second-order valence-electron chi connectivity index (χ2n) is 5.79. The summed E-state index contributed by atoms with van der Waals surface area (Å²) >= 11 is 0. The number of nitrogens with two attached hydrogens (primary N) is 1. The minimum Gasteiger partial charge on any atom is -0.491 e. The molecule has 4 nitrogen and oxygen atoms in total.